The molecule has 0 radical (unpaired) electrons. The van der Waals surface area contributed by atoms with Crippen molar-refractivity contribution in [2.45, 2.75) is 130 Å². The molecule has 2 N–H and O–H groups in total. The number of aliphatic hydroxyl groups is 2. The zero-order valence-corrected chi connectivity index (χ0v) is 21.9. The topological polar surface area (TPSA) is 76.0 Å². The van der Waals surface area contributed by atoms with E-state index in [2.05, 4.69) is 27.7 Å². The fourth-order valence-electron chi connectivity index (χ4n) is 6.26. The third kappa shape index (κ3) is 6.20. The van der Waals surface area contributed by atoms with E-state index in [4.69, 9.17) is 9.47 Å². The number of carbonyl (C=O) groups is 1. The van der Waals surface area contributed by atoms with Gasteiger partial charge in [-0.2, -0.15) is 0 Å². The zero-order chi connectivity index (χ0) is 24.3. The smallest absolute Gasteiger partial charge is 0.428 e. The molecule has 2 saturated carbocycles. The maximum Gasteiger partial charge on any atom is 0.509 e. The molecule has 0 aliphatic heterocycles. The first-order chi connectivity index (χ1) is 14.9. The molecule has 0 amide bonds. The lowest BCUT2D eigenvalue weighted by Gasteiger charge is -2.48. The number of carbonyl (C=O) groups excluding carboxylic acids is 1. The van der Waals surface area contributed by atoms with Crippen molar-refractivity contribution in [1.29, 1.82) is 0 Å². The van der Waals surface area contributed by atoms with Gasteiger partial charge in [-0.25, -0.2) is 4.79 Å². The quantitative estimate of drug-likeness (QED) is 0.418. The van der Waals surface area contributed by atoms with Crippen LogP contribution in [0.2, 0.25) is 0 Å². The van der Waals surface area contributed by atoms with Crippen LogP contribution in [0.5, 0.6) is 0 Å². The Bertz CT molecular complexity index is 555. The molecule has 8 unspecified atom stereocenters. The Kier molecular flexibility index (Phi) is 9.50. The van der Waals surface area contributed by atoms with Crippen molar-refractivity contribution in [2.75, 3.05) is 0 Å². The molecule has 0 heterocycles. The molecule has 5 heteroatoms. The van der Waals surface area contributed by atoms with Crippen LogP contribution < -0.4 is 0 Å². The van der Waals surface area contributed by atoms with E-state index in [-0.39, 0.29) is 11.8 Å². The molecule has 0 spiro atoms. The number of hydrogen-bond acceptors (Lipinski definition) is 5. The van der Waals surface area contributed by atoms with Gasteiger partial charge in [0, 0.05) is 11.8 Å². The van der Waals surface area contributed by atoms with Crippen molar-refractivity contribution in [2.24, 2.45) is 35.5 Å². The molecular formula is C27H50O5. The first-order valence-electron chi connectivity index (χ1n) is 13.1. The van der Waals surface area contributed by atoms with Gasteiger partial charge in [0.25, 0.3) is 0 Å². The molecule has 2 aliphatic carbocycles. The fourth-order valence-corrected chi connectivity index (χ4v) is 6.26. The Labute approximate surface area is 196 Å². The molecule has 5 nitrogen and oxygen atoms in total. The molecule has 2 rings (SSSR count). The van der Waals surface area contributed by atoms with E-state index < -0.39 is 29.6 Å². The highest BCUT2D eigenvalue weighted by Crippen LogP contribution is 2.47. The molecular weight excluding hydrogens is 404 g/mol. The van der Waals surface area contributed by atoms with Gasteiger partial charge in [0.2, 0.25) is 0 Å². The Hall–Kier alpha value is -0.810. The minimum Gasteiger partial charge on any atom is -0.428 e. The van der Waals surface area contributed by atoms with E-state index in [0.29, 0.717) is 36.5 Å². The Morgan fingerprint density at radius 1 is 0.812 bits per heavy atom. The first kappa shape index (κ1) is 27.4. The molecule has 0 bridgehead atoms. The van der Waals surface area contributed by atoms with Gasteiger partial charge in [-0.15, -0.1) is 0 Å². The van der Waals surface area contributed by atoms with E-state index in [1.54, 1.807) is 0 Å². The number of rotatable bonds is 8. The van der Waals surface area contributed by atoms with Crippen LogP contribution in [0.1, 0.15) is 107 Å². The summed E-state index contributed by atoms with van der Waals surface area (Å²) >= 11 is 0. The van der Waals surface area contributed by atoms with Crippen LogP contribution in [0.3, 0.4) is 0 Å². The highest BCUT2D eigenvalue weighted by atomic mass is 16.7. The standard InChI is InChI=1S/C27H50O5/c1-9-23(28)21-15-19(17(3)4)11-13-26(21,7)31-25(30)32-27(8)14-12-20(18(5)6)16-22(27)24(29)10-2/h17-24,28-29H,9-16H2,1-8H3. The Morgan fingerprint density at radius 3 is 1.44 bits per heavy atom. The van der Waals surface area contributed by atoms with Crippen molar-refractivity contribution in [3.63, 3.8) is 0 Å². The van der Waals surface area contributed by atoms with Gasteiger partial charge >= 0.3 is 6.16 Å². The molecule has 2 fully saturated rings. The van der Waals surface area contributed by atoms with Gasteiger partial charge in [-0.1, -0.05) is 41.5 Å². The van der Waals surface area contributed by atoms with Crippen molar-refractivity contribution in [3.05, 3.63) is 0 Å². The maximum absolute atomic E-state index is 13.1. The van der Waals surface area contributed by atoms with Gasteiger partial charge in [0.1, 0.15) is 11.2 Å². The summed E-state index contributed by atoms with van der Waals surface area (Å²) in [4.78, 5) is 13.1. The second-order valence-electron chi connectivity index (χ2n) is 11.8. The second kappa shape index (κ2) is 11.1. The zero-order valence-electron chi connectivity index (χ0n) is 21.9. The molecule has 8 atom stereocenters. The Morgan fingerprint density at radius 2 is 1.16 bits per heavy atom. The highest BCUT2D eigenvalue weighted by Gasteiger charge is 2.50. The van der Waals surface area contributed by atoms with Crippen molar-refractivity contribution >= 4 is 6.16 Å². The Balaban J connectivity index is 2.15. The van der Waals surface area contributed by atoms with Crippen LogP contribution in [0.4, 0.5) is 4.79 Å². The van der Waals surface area contributed by atoms with Crippen LogP contribution >= 0.6 is 0 Å². The van der Waals surface area contributed by atoms with E-state index in [9.17, 15) is 15.0 Å². The molecule has 0 aromatic rings. The van der Waals surface area contributed by atoms with E-state index in [0.717, 1.165) is 38.5 Å². The van der Waals surface area contributed by atoms with Crippen molar-refractivity contribution < 1.29 is 24.5 Å². The number of aliphatic hydroxyl groups excluding tert-OH is 2. The summed E-state index contributed by atoms with van der Waals surface area (Å²) in [7, 11) is 0. The average Bonchev–Trinajstić information content (AvgIpc) is 2.72. The third-order valence-corrected chi connectivity index (χ3v) is 8.99. The molecule has 0 aromatic carbocycles. The van der Waals surface area contributed by atoms with Gasteiger partial charge in [-0.05, 0) is 88.9 Å². The van der Waals surface area contributed by atoms with E-state index in [1.807, 2.05) is 27.7 Å². The summed E-state index contributed by atoms with van der Waals surface area (Å²) in [6, 6.07) is 0. The lowest BCUT2D eigenvalue weighted by Crippen LogP contribution is -2.53. The predicted molar refractivity (Wildman–Crippen MR) is 128 cm³/mol. The lowest BCUT2D eigenvalue weighted by atomic mass is 9.66. The van der Waals surface area contributed by atoms with E-state index >= 15 is 0 Å². The van der Waals surface area contributed by atoms with Crippen molar-refractivity contribution in [3.8, 4) is 0 Å². The monoisotopic (exact) mass is 454 g/mol. The van der Waals surface area contributed by atoms with Crippen LogP contribution in [0.25, 0.3) is 0 Å². The third-order valence-electron chi connectivity index (χ3n) is 8.99. The summed E-state index contributed by atoms with van der Waals surface area (Å²) < 4.78 is 12.1. The van der Waals surface area contributed by atoms with Gasteiger partial charge < -0.3 is 19.7 Å². The summed E-state index contributed by atoms with van der Waals surface area (Å²) in [5.41, 5.74) is -1.47. The summed E-state index contributed by atoms with van der Waals surface area (Å²) in [5, 5.41) is 21.5. The first-order valence-corrected chi connectivity index (χ1v) is 13.1. The minimum atomic E-state index is -0.734. The number of ether oxygens (including phenoxy) is 2. The van der Waals surface area contributed by atoms with Crippen molar-refractivity contribution in [1.82, 2.24) is 0 Å². The second-order valence-corrected chi connectivity index (χ2v) is 11.8. The molecule has 188 valence electrons. The normalized spacial score (nSPS) is 37.9. The van der Waals surface area contributed by atoms with E-state index in [1.165, 1.54) is 0 Å². The minimum absolute atomic E-state index is 0.0947. The van der Waals surface area contributed by atoms with Crippen LogP contribution in [-0.2, 0) is 9.47 Å². The molecule has 32 heavy (non-hydrogen) atoms. The average molecular weight is 455 g/mol. The molecule has 2 aliphatic rings. The SMILES string of the molecule is CCC(O)C1CC(C(C)C)CCC1(C)OC(=O)OC1(C)CCC(C(C)C)CC1C(O)CC. The van der Waals surface area contributed by atoms with Gasteiger partial charge in [0.05, 0.1) is 12.2 Å². The molecule has 0 aromatic heterocycles. The van der Waals surface area contributed by atoms with Gasteiger partial charge in [-0.3, -0.25) is 0 Å². The lowest BCUT2D eigenvalue weighted by molar-refractivity contribution is -0.161. The largest absolute Gasteiger partial charge is 0.509 e. The summed E-state index contributed by atoms with van der Waals surface area (Å²) in [6.07, 6.45) is 4.80. The summed E-state index contributed by atoms with van der Waals surface area (Å²) in [6.45, 7) is 16.8. The highest BCUT2D eigenvalue weighted by molar-refractivity contribution is 5.61. The van der Waals surface area contributed by atoms with Crippen LogP contribution in [0.15, 0.2) is 0 Å². The van der Waals surface area contributed by atoms with Crippen LogP contribution in [-0.4, -0.2) is 39.8 Å². The summed E-state index contributed by atoms with van der Waals surface area (Å²) in [5.74, 6) is 1.96. The molecule has 0 saturated heterocycles. The fraction of sp³-hybridized carbons (Fsp3) is 0.963. The number of hydrogen-bond donors (Lipinski definition) is 2. The van der Waals surface area contributed by atoms with Crippen LogP contribution in [0, 0.1) is 35.5 Å². The predicted octanol–water partition coefficient (Wildman–Crippen LogP) is 6.34. The maximum atomic E-state index is 13.1. The van der Waals surface area contributed by atoms with Gasteiger partial charge in [0.15, 0.2) is 0 Å².